The number of pyridine rings is 1. The number of fused-ring (bicyclic) bond motifs is 1. The van der Waals surface area contributed by atoms with Crippen molar-refractivity contribution < 1.29 is 4.74 Å². The molecular weight excluding hydrogens is 252 g/mol. The molecule has 0 aliphatic heterocycles. The molecule has 2 heterocycles. The number of rotatable bonds is 3. The second-order valence-electron chi connectivity index (χ2n) is 4.64. The molecule has 3 rings (SSSR count). The number of benzene rings is 1. The lowest BCUT2D eigenvalue weighted by atomic mass is 10.1. The molecular formula is C15H16N4O. The number of aryl methyl sites for hydroxylation is 1. The van der Waals surface area contributed by atoms with E-state index in [1.807, 2.05) is 54.8 Å². The van der Waals surface area contributed by atoms with Crippen LogP contribution in [0.15, 0.2) is 36.5 Å². The molecule has 0 aliphatic carbocycles. The van der Waals surface area contributed by atoms with Gasteiger partial charge in [-0.15, -0.1) is 10.2 Å². The first-order valence-electron chi connectivity index (χ1n) is 6.53. The molecule has 2 aromatic heterocycles. The third-order valence-electron chi connectivity index (χ3n) is 3.12. The van der Waals surface area contributed by atoms with Crippen molar-refractivity contribution in [1.82, 2.24) is 14.6 Å². The Balaban J connectivity index is 2.11. The van der Waals surface area contributed by atoms with Gasteiger partial charge in [0.2, 0.25) is 0 Å². The van der Waals surface area contributed by atoms with Gasteiger partial charge in [-0.2, -0.15) is 0 Å². The summed E-state index contributed by atoms with van der Waals surface area (Å²) < 4.78 is 7.41. The lowest BCUT2D eigenvalue weighted by molar-refractivity contribution is 0.342. The molecule has 0 saturated carbocycles. The van der Waals surface area contributed by atoms with Gasteiger partial charge < -0.3 is 10.5 Å². The third-order valence-corrected chi connectivity index (χ3v) is 3.12. The zero-order valence-corrected chi connectivity index (χ0v) is 11.5. The van der Waals surface area contributed by atoms with Gasteiger partial charge in [0.1, 0.15) is 5.75 Å². The summed E-state index contributed by atoms with van der Waals surface area (Å²) in [7, 11) is 0. The maximum atomic E-state index is 6.01. The molecule has 0 atom stereocenters. The standard InChI is InChI=1S/C15H16N4O/c1-3-20-13-6-5-11(8-12(13)16)15-18-17-14-7-4-10(2)9-19(14)15/h4-9H,3,16H2,1-2H3. The summed E-state index contributed by atoms with van der Waals surface area (Å²) >= 11 is 0. The number of nitrogens with two attached hydrogens (primary N) is 1. The molecule has 0 spiro atoms. The van der Waals surface area contributed by atoms with Crippen LogP contribution in [-0.4, -0.2) is 21.2 Å². The molecule has 20 heavy (non-hydrogen) atoms. The van der Waals surface area contributed by atoms with E-state index in [4.69, 9.17) is 10.5 Å². The van der Waals surface area contributed by atoms with E-state index >= 15 is 0 Å². The number of nitrogens with zero attached hydrogens (tertiary/aromatic N) is 3. The first kappa shape index (κ1) is 12.5. The highest BCUT2D eigenvalue weighted by atomic mass is 16.5. The van der Waals surface area contributed by atoms with E-state index in [2.05, 4.69) is 10.2 Å². The molecule has 0 unspecified atom stereocenters. The smallest absolute Gasteiger partial charge is 0.168 e. The maximum absolute atomic E-state index is 6.01. The molecule has 0 saturated heterocycles. The number of hydrogen-bond donors (Lipinski definition) is 1. The molecule has 5 heteroatoms. The minimum absolute atomic E-state index is 0.594. The first-order chi connectivity index (χ1) is 9.69. The van der Waals surface area contributed by atoms with Crippen molar-refractivity contribution >= 4 is 11.3 Å². The van der Waals surface area contributed by atoms with Crippen LogP contribution < -0.4 is 10.5 Å². The van der Waals surface area contributed by atoms with E-state index in [-0.39, 0.29) is 0 Å². The monoisotopic (exact) mass is 268 g/mol. The van der Waals surface area contributed by atoms with Gasteiger partial charge in [0.25, 0.3) is 0 Å². The molecule has 1 aromatic carbocycles. The first-order valence-corrected chi connectivity index (χ1v) is 6.53. The summed E-state index contributed by atoms with van der Waals surface area (Å²) in [5.41, 5.74) is 9.50. The Morgan fingerprint density at radius 3 is 2.80 bits per heavy atom. The highest BCUT2D eigenvalue weighted by Crippen LogP contribution is 2.28. The summed E-state index contributed by atoms with van der Waals surface area (Å²) in [5.74, 6) is 1.47. The highest BCUT2D eigenvalue weighted by molar-refractivity contribution is 5.68. The Morgan fingerprint density at radius 1 is 1.20 bits per heavy atom. The Bertz CT molecular complexity index is 764. The van der Waals surface area contributed by atoms with Crippen LogP contribution >= 0.6 is 0 Å². The van der Waals surface area contributed by atoms with Crippen molar-refractivity contribution in [2.75, 3.05) is 12.3 Å². The van der Waals surface area contributed by atoms with Crippen LogP contribution in [0.5, 0.6) is 5.75 Å². The Hall–Kier alpha value is -2.56. The fourth-order valence-corrected chi connectivity index (χ4v) is 2.17. The Kier molecular flexibility index (Phi) is 3.02. The molecule has 0 bridgehead atoms. The second-order valence-corrected chi connectivity index (χ2v) is 4.64. The van der Waals surface area contributed by atoms with Crippen LogP contribution in [0, 0.1) is 6.92 Å². The predicted octanol–water partition coefficient (Wildman–Crippen LogP) is 2.69. The lowest BCUT2D eigenvalue weighted by Gasteiger charge is -2.08. The average molecular weight is 268 g/mol. The minimum Gasteiger partial charge on any atom is -0.492 e. The van der Waals surface area contributed by atoms with E-state index in [1.54, 1.807) is 0 Å². The van der Waals surface area contributed by atoms with Gasteiger partial charge in [-0.05, 0) is 43.7 Å². The normalized spacial score (nSPS) is 10.9. The largest absolute Gasteiger partial charge is 0.492 e. The van der Waals surface area contributed by atoms with Crippen LogP contribution in [0.4, 0.5) is 5.69 Å². The van der Waals surface area contributed by atoms with E-state index in [9.17, 15) is 0 Å². The zero-order valence-electron chi connectivity index (χ0n) is 11.5. The van der Waals surface area contributed by atoms with Gasteiger partial charge in [-0.1, -0.05) is 6.07 Å². The van der Waals surface area contributed by atoms with Crippen molar-refractivity contribution in [3.05, 3.63) is 42.1 Å². The Morgan fingerprint density at radius 2 is 2.05 bits per heavy atom. The van der Waals surface area contributed by atoms with E-state index in [1.165, 1.54) is 0 Å². The summed E-state index contributed by atoms with van der Waals surface area (Å²) in [6.45, 7) is 4.56. The van der Waals surface area contributed by atoms with Crippen molar-refractivity contribution in [1.29, 1.82) is 0 Å². The van der Waals surface area contributed by atoms with Crippen molar-refractivity contribution in [2.24, 2.45) is 0 Å². The van der Waals surface area contributed by atoms with E-state index in [0.717, 1.165) is 22.6 Å². The molecule has 0 aliphatic rings. The van der Waals surface area contributed by atoms with E-state index in [0.29, 0.717) is 18.0 Å². The van der Waals surface area contributed by atoms with Crippen LogP contribution in [0.3, 0.4) is 0 Å². The minimum atomic E-state index is 0.594. The molecule has 0 fully saturated rings. The number of nitrogen functional groups attached to an aromatic ring is 1. The number of ether oxygens (including phenoxy) is 1. The molecule has 3 aromatic rings. The lowest BCUT2D eigenvalue weighted by Crippen LogP contribution is -1.98. The number of anilines is 1. The van der Waals surface area contributed by atoms with Gasteiger partial charge >= 0.3 is 0 Å². The highest BCUT2D eigenvalue weighted by Gasteiger charge is 2.10. The van der Waals surface area contributed by atoms with Gasteiger partial charge in [0.15, 0.2) is 11.5 Å². The molecule has 0 radical (unpaired) electrons. The van der Waals surface area contributed by atoms with Crippen molar-refractivity contribution in [3.63, 3.8) is 0 Å². The van der Waals surface area contributed by atoms with Gasteiger partial charge in [-0.3, -0.25) is 4.40 Å². The van der Waals surface area contributed by atoms with Crippen molar-refractivity contribution in [3.8, 4) is 17.1 Å². The average Bonchev–Trinajstić information content (AvgIpc) is 2.84. The summed E-state index contributed by atoms with van der Waals surface area (Å²) in [6.07, 6.45) is 2.01. The summed E-state index contributed by atoms with van der Waals surface area (Å²) in [6, 6.07) is 9.64. The van der Waals surface area contributed by atoms with Gasteiger partial charge in [0.05, 0.1) is 12.3 Å². The van der Waals surface area contributed by atoms with Crippen molar-refractivity contribution in [2.45, 2.75) is 13.8 Å². The van der Waals surface area contributed by atoms with Gasteiger partial charge in [-0.25, -0.2) is 0 Å². The molecule has 0 amide bonds. The quantitative estimate of drug-likeness (QED) is 0.742. The van der Waals surface area contributed by atoms with Crippen LogP contribution in [-0.2, 0) is 0 Å². The van der Waals surface area contributed by atoms with Crippen LogP contribution in [0.25, 0.3) is 17.0 Å². The fraction of sp³-hybridized carbons (Fsp3) is 0.200. The van der Waals surface area contributed by atoms with Gasteiger partial charge in [0, 0.05) is 11.8 Å². The third kappa shape index (κ3) is 2.07. The fourth-order valence-electron chi connectivity index (χ4n) is 2.17. The number of aromatic nitrogens is 3. The van der Waals surface area contributed by atoms with Crippen LogP contribution in [0.2, 0.25) is 0 Å². The molecule has 2 N–H and O–H groups in total. The van der Waals surface area contributed by atoms with Crippen LogP contribution in [0.1, 0.15) is 12.5 Å². The topological polar surface area (TPSA) is 65.4 Å². The maximum Gasteiger partial charge on any atom is 0.168 e. The second kappa shape index (κ2) is 4.85. The summed E-state index contributed by atoms with van der Waals surface area (Å²) in [4.78, 5) is 0. The molecule has 102 valence electrons. The summed E-state index contributed by atoms with van der Waals surface area (Å²) in [5, 5.41) is 8.41. The molecule has 5 nitrogen and oxygen atoms in total. The SMILES string of the molecule is CCOc1ccc(-c2nnc3ccc(C)cn23)cc1N. The van der Waals surface area contributed by atoms with E-state index < -0.39 is 0 Å². The zero-order chi connectivity index (χ0) is 14.1. The Labute approximate surface area is 117 Å². The predicted molar refractivity (Wildman–Crippen MR) is 78.7 cm³/mol. The number of hydrogen-bond acceptors (Lipinski definition) is 4.